The van der Waals surface area contributed by atoms with Crippen molar-refractivity contribution in [3.63, 3.8) is 0 Å². The number of aromatic nitrogens is 1. The molecule has 3 rings (SSSR count). The Morgan fingerprint density at radius 1 is 0.917 bits per heavy atom. The van der Waals surface area contributed by atoms with Crippen LogP contribution in [0.5, 0.6) is 5.75 Å². The van der Waals surface area contributed by atoms with Gasteiger partial charge < -0.3 is 21.2 Å². The van der Waals surface area contributed by atoms with Crippen LogP contribution in [0.2, 0.25) is 0 Å². The first-order chi connectivity index (χ1) is 11.4. The zero-order chi connectivity index (χ0) is 17.2. The first kappa shape index (κ1) is 16.3. The van der Waals surface area contributed by atoms with Crippen molar-refractivity contribution in [1.82, 2.24) is 4.98 Å². The molecule has 5 heteroatoms. The number of nitrogen functional groups attached to an aromatic ring is 2. The maximum Gasteiger partial charge on any atom is 0.143 e. The molecule has 5 N–H and O–H groups in total. The van der Waals surface area contributed by atoms with Gasteiger partial charge in [0.15, 0.2) is 0 Å². The molecule has 24 heavy (non-hydrogen) atoms. The van der Waals surface area contributed by atoms with Crippen LogP contribution in [0.4, 0.5) is 11.4 Å². The van der Waals surface area contributed by atoms with E-state index in [0.717, 1.165) is 21.2 Å². The van der Waals surface area contributed by atoms with Crippen molar-refractivity contribution in [3.05, 3.63) is 66.5 Å². The van der Waals surface area contributed by atoms with Crippen molar-refractivity contribution in [3.8, 4) is 5.75 Å². The van der Waals surface area contributed by atoms with Gasteiger partial charge in [-0.3, -0.25) is 0 Å². The van der Waals surface area contributed by atoms with E-state index in [4.69, 9.17) is 16.2 Å². The van der Waals surface area contributed by atoms with Gasteiger partial charge >= 0.3 is 0 Å². The Hall–Kier alpha value is -2.53. The standard InChI is InChI=1S/C19H21N3OS/c1-19(2,18-4-3-11-22-18)23-13-5-7-14(8-6-13)24-15-9-10-16(20)17(21)12-15/h3-12,22H,20-21H2,1-2H3. The van der Waals surface area contributed by atoms with E-state index in [1.54, 1.807) is 11.8 Å². The SMILES string of the molecule is CC(C)(Oc1ccc(Sc2ccc(N)c(N)c2)cc1)c1ccc[nH]1. The monoisotopic (exact) mass is 339 g/mol. The van der Waals surface area contributed by atoms with Crippen LogP contribution in [0, 0.1) is 0 Å². The summed E-state index contributed by atoms with van der Waals surface area (Å²) >= 11 is 1.64. The lowest BCUT2D eigenvalue weighted by Crippen LogP contribution is -2.25. The third-order valence-electron chi connectivity index (χ3n) is 3.74. The van der Waals surface area contributed by atoms with Crippen molar-refractivity contribution in [2.24, 2.45) is 0 Å². The van der Waals surface area contributed by atoms with Gasteiger partial charge in [-0.2, -0.15) is 0 Å². The minimum absolute atomic E-state index is 0.413. The Morgan fingerprint density at radius 3 is 2.25 bits per heavy atom. The molecule has 0 spiro atoms. The molecule has 2 aromatic carbocycles. The summed E-state index contributed by atoms with van der Waals surface area (Å²) in [6, 6.07) is 17.7. The van der Waals surface area contributed by atoms with Gasteiger partial charge in [-0.1, -0.05) is 11.8 Å². The van der Waals surface area contributed by atoms with Crippen LogP contribution in [-0.2, 0) is 5.60 Å². The zero-order valence-corrected chi connectivity index (χ0v) is 14.6. The van der Waals surface area contributed by atoms with Gasteiger partial charge in [0.1, 0.15) is 11.4 Å². The predicted octanol–water partition coefficient (Wildman–Crippen LogP) is 4.64. The molecule has 0 atom stereocenters. The lowest BCUT2D eigenvalue weighted by Gasteiger charge is -2.25. The second-order valence-corrected chi connectivity index (χ2v) is 7.21. The van der Waals surface area contributed by atoms with Crippen molar-refractivity contribution < 1.29 is 4.74 Å². The maximum absolute atomic E-state index is 6.11. The molecule has 0 unspecified atom stereocenters. The van der Waals surface area contributed by atoms with Crippen LogP contribution in [0.15, 0.2) is 70.6 Å². The van der Waals surface area contributed by atoms with Crippen LogP contribution >= 0.6 is 11.8 Å². The molecule has 0 amide bonds. The molecular weight excluding hydrogens is 318 g/mol. The topological polar surface area (TPSA) is 77.1 Å². The Labute approximate surface area is 146 Å². The highest BCUT2D eigenvalue weighted by Gasteiger charge is 2.23. The van der Waals surface area contributed by atoms with E-state index in [-0.39, 0.29) is 0 Å². The molecule has 124 valence electrons. The Bertz CT molecular complexity index is 811. The first-order valence-corrected chi connectivity index (χ1v) is 8.51. The number of hydrogen-bond acceptors (Lipinski definition) is 4. The second-order valence-electron chi connectivity index (χ2n) is 6.06. The number of benzene rings is 2. The minimum atomic E-state index is -0.413. The number of ether oxygens (including phenoxy) is 1. The van der Waals surface area contributed by atoms with Crippen LogP contribution in [-0.4, -0.2) is 4.98 Å². The number of anilines is 2. The van der Waals surface area contributed by atoms with Gasteiger partial charge in [-0.25, -0.2) is 0 Å². The Morgan fingerprint density at radius 2 is 1.62 bits per heavy atom. The van der Waals surface area contributed by atoms with Crippen molar-refractivity contribution in [2.75, 3.05) is 11.5 Å². The number of nitrogens with two attached hydrogens (primary N) is 2. The van der Waals surface area contributed by atoms with E-state index in [0.29, 0.717) is 11.4 Å². The third kappa shape index (κ3) is 3.68. The highest BCUT2D eigenvalue weighted by molar-refractivity contribution is 7.99. The maximum atomic E-state index is 6.11. The first-order valence-electron chi connectivity index (χ1n) is 7.70. The fraction of sp³-hybridized carbons (Fsp3) is 0.158. The van der Waals surface area contributed by atoms with E-state index < -0.39 is 5.60 Å². The fourth-order valence-corrected chi connectivity index (χ4v) is 3.25. The molecule has 0 aliphatic rings. The normalized spacial score (nSPS) is 11.4. The van der Waals surface area contributed by atoms with Gasteiger partial charge in [0, 0.05) is 16.0 Å². The summed E-state index contributed by atoms with van der Waals surface area (Å²) in [6.07, 6.45) is 1.90. The van der Waals surface area contributed by atoms with Gasteiger partial charge in [0.2, 0.25) is 0 Å². The zero-order valence-electron chi connectivity index (χ0n) is 13.7. The van der Waals surface area contributed by atoms with E-state index in [1.807, 2.05) is 74.6 Å². The number of hydrogen-bond donors (Lipinski definition) is 3. The summed E-state index contributed by atoms with van der Waals surface area (Å²) in [7, 11) is 0. The fourth-order valence-electron chi connectivity index (χ4n) is 2.38. The molecule has 0 fully saturated rings. The largest absolute Gasteiger partial charge is 0.482 e. The van der Waals surface area contributed by atoms with Gasteiger partial charge in [0.05, 0.1) is 17.1 Å². The van der Waals surface area contributed by atoms with E-state index in [1.165, 1.54) is 0 Å². The number of H-pyrrole nitrogens is 1. The van der Waals surface area contributed by atoms with Gasteiger partial charge in [0.25, 0.3) is 0 Å². The van der Waals surface area contributed by atoms with Crippen molar-refractivity contribution in [2.45, 2.75) is 29.2 Å². The van der Waals surface area contributed by atoms with Crippen molar-refractivity contribution in [1.29, 1.82) is 0 Å². The van der Waals surface area contributed by atoms with Gasteiger partial charge in [-0.05, 0) is 68.4 Å². The number of nitrogens with one attached hydrogen (secondary N) is 1. The summed E-state index contributed by atoms with van der Waals surface area (Å²) < 4.78 is 6.11. The molecule has 0 aliphatic carbocycles. The highest BCUT2D eigenvalue weighted by Crippen LogP contribution is 2.33. The van der Waals surface area contributed by atoms with E-state index in [2.05, 4.69) is 4.98 Å². The average molecular weight is 339 g/mol. The molecule has 4 nitrogen and oxygen atoms in total. The lowest BCUT2D eigenvalue weighted by molar-refractivity contribution is 0.104. The lowest BCUT2D eigenvalue weighted by atomic mass is 10.1. The number of rotatable bonds is 5. The molecule has 0 bridgehead atoms. The highest BCUT2D eigenvalue weighted by atomic mass is 32.2. The Kier molecular flexibility index (Phi) is 4.44. The molecule has 0 aliphatic heterocycles. The van der Waals surface area contributed by atoms with E-state index >= 15 is 0 Å². The molecule has 0 radical (unpaired) electrons. The van der Waals surface area contributed by atoms with E-state index in [9.17, 15) is 0 Å². The van der Waals surface area contributed by atoms with Crippen molar-refractivity contribution >= 4 is 23.1 Å². The molecular formula is C19H21N3OS. The van der Waals surface area contributed by atoms with Crippen LogP contribution < -0.4 is 16.2 Å². The molecule has 3 aromatic rings. The summed E-state index contributed by atoms with van der Waals surface area (Å²) in [4.78, 5) is 5.37. The Balaban J connectivity index is 1.70. The predicted molar refractivity (Wildman–Crippen MR) is 100 cm³/mol. The summed E-state index contributed by atoms with van der Waals surface area (Å²) in [5, 5.41) is 0. The third-order valence-corrected chi connectivity index (χ3v) is 4.73. The molecule has 1 heterocycles. The second kappa shape index (κ2) is 6.53. The van der Waals surface area contributed by atoms with Crippen LogP contribution in [0.1, 0.15) is 19.5 Å². The number of aromatic amines is 1. The van der Waals surface area contributed by atoms with Gasteiger partial charge in [-0.15, -0.1) is 0 Å². The molecule has 0 saturated carbocycles. The minimum Gasteiger partial charge on any atom is -0.482 e. The molecule has 0 saturated heterocycles. The summed E-state index contributed by atoms with van der Waals surface area (Å²) in [5.41, 5.74) is 13.4. The molecule has 1 aromatic heterocycles. The average Bonchev–Trinajstić information content (AvgIpc) is 3.08. The smallest absolute Gasteiger partial charge is 0.143 e. The summed E-state index contributed by atoms with van der Waals surface area (Å²) in [6.45, 7) is 4.08. The van der Waals surface area contributed by atoms with Crippen LogP contribution in [0.25, 0.3) is 0 Å². The summed E-state index contributed by atoms with van der Waals surface area (Å²) in [5.74, 6) is 0.829. The van der Waals surface area contributed by atoms with Crippen LogP contribution in [0.3, 0.4) is 0 Å². The quantitative estimate of drug-likeness (QED) is 0.592.